The topological polar surface area (TPSA) is 57.2 Å². The average molecular weight is 111 g/mol. The summed E-state index contributed by atoms with van der Waals surface area (Å²) < 4.78 is 0. The minimum absolute atomic E-state index is 0. The number of carbonyl (C=O) groups is 2. The van der Waals surface area contributed by atoms with Gasteiger partial charge in [0, 0.05) is 6.92 Å². The van der Waals surface area contributed by atoms with E-state index in [0.29, 0.717) is 0 Å². The molecule has 0 aromatic heterocycles. The SMILES string of the molecule is CC(=O)[13C](=O)[O-].[Na+]. The van der Waals surface area contributed by atoms with Crippen LogP contribution in [0, 0.1) is 0 Å². The van der Waals surface area contributed by atoms with Crippen LogP contribution >= 0.6 is 0 Å². The van der Waals surface area contributed by atoms with Crippen molar-refractivity contribution in [2.75, 3.05) is 0 Å². The van der Waals surface area contributed by atoms with Gasteiger partial charge < -0.3 is 9.90 Å². The van der Waals surface area contributed by atoms with E-state index in [4.69, 9.17) is 0 Å². The van der Waals surface area contributed by atoms with E-state index in [1.54, 1.807) is 0 Å². The first-order valence-corrected chi connectivity index (χ1v) is 1.36. The van der Waals surface area contributed by atoms with Crippen LogP contribution in [0.25, 0.3) is 0 Å². The fourth-order valence-corrected chi connectivity index (χ4v) is 0. The molecule has 0 spiro atoms. The molecule has 0 radical (unpaired) electrons. The normalized spacial score (nSPS) is 6.43. The molecule has 4 heteroatoms. The van der Waals surface area contributed by atoms with E-state index < -0.39 is 11.8 Å². The van der Waals surface area contributed by atoms with Crippen molar-refractivity contribution in [3.05, 3.63) is 0 Å². The van der Waals surface area contributed by atoms with Gasteiger partial charge in [0.25, 0.3) is 0 Å². The molecule has 0 aromatic carbocycles. The first-order chi connectivity index (χ1) is 2.64. The minimum atomic E-state index is -1.63. The first kappa shape index (κ1) is 10.2. The monoisotopic (exact) mass is 111 g/mol. The zero-order valence-corrected chi connectivity index (χ0v) is 6.22. The van der Waals surface area contributed by atoms with Gasteiger partial charge in [0.05, 0.1) is 0 Å². The summed E-state index contributed by atoms with van der Waals surface area (Å²) in [6.07, 6.45) is 0. The maximum absolute atomic E-state index is 9.48. The van der Waals surface area contributed by atoms with Crippen molar-refractivity contribution in [2.24, 2.45) is 0 Å². The predicted octanol–water partition coefficient (Wildman–Crippen LogP) is -4.67. The summed E-state index contributed by atoms with van der Waals surface area (Å²) in [5, 5.41) is 9.24. The van der Waals surface area contributed by atoms with Crippen LogP contribution in [0.1, 0.15) is 6.92 Å². The van der Waals surface area contributed by atoms with Gasteiger partial charge in [-0.2, -0.15) is 0 Å². The molecule has 0 fully saturated rings. The summed E-state index contributed by atoms with van der Waals surface area (Å²) >= 11 is 0. The van der Waals surface area contributed by atoms with Crippen molar-refractivity contribution in [1.82, 2.24) is 0 Å². The molecule has 0 rings (SSSR count). The molecule has 0 heterocycles. The van der Waals surface area contributed by atoms with E-state index in [9.17, 15) is 14.7 Å². The molecule has 0 saturated heterocycles. The van der Waals surface area contributed by atoms with Gasteiger partial charge in [0.2, 0.25) is 0 Å². The fraction of sp³-hybridized carbons (Fsp3) is 0.333. The third-order valence-electron chi connectivity index (χ3n) is 0.287. The maximum Gasteiger partial charge on any atom is 1.00 e. The molecule has 0 aromatic rings. The summed E-state index contributed by atoms with van der Waals surface area (Å²) in [4.78, 5) is 18.7. The summed E-state index contributed by atoms with van der Waals surface area (Å²) in [5.74, 6) is -2.56. The van der Waals surface area contributed by atoms with Crippen molar-refractivity contribution in [3.8, 4) is 0 Å². The van der Waals surface area contributed by atoms with Gasteiger partial charge in [-0.25, -0.2) is 0 Å². The molecule has 3 nitrogen and oxygen atoms in total. The van der Waals surface area contributed by atoms with E-state index in [2.05, 4.69) is 0 Å². The number of carboxylic acids is 1. The number of hydrogen-bond donors (Lipinski definition) is 0. The van der Waals surface area contributed by atoms with Gasteiger partial charge >= 0.3 is 29.6 Å². The zero-order valence-electron chi connectivity index (χ0n) is 4.22. The molecule has 0 amide bonds. The zero-order chi connectivity index (χ0) is 5.15. The maximum atomic E-state index is 9.48. The Morgan fingerprint density at radius 1 is 1.43 bits per heavy atom. The van der Waals surface area contributed by atoms with Crippen molar-refractivity contribution >= 4 is 11.8 Å². The Kier molecular flexibility index (Phi) is 6.26. The Balaban J connectivity index is 0. The van der Waals surface area contributed by atoms with Crippen LogP contribution in [-0.2, 0) is 9.59 Å². The molecule has 0 unspecified atom stereocenters. The van der Waals surface area contributed by atoms with E-state index in [0.717, 1.165) is 6.92 Å². The smallest absolute Gasteiger partial charge is 0.542 e. The molecule has 0 atom stereocenters. The third kappa shape index (κ3) is 6.14. The molecule has 7 heavy (non-hydrogen) atoms. The Morgan fingerprint density at radius 3 is 1.57 bits per heavy atom. The molecule has 0 bridgehead atoms. The predicted molar refractivity (Wildman–Crippen MR) is 15.7 cm³/mol. The van der Waals surface area contributed by atoms with Crippen molar-refractivity contribution in [1.29, 1.82) is 0 Å². The number of ketones is 1. The molecular formula is C3H3NaO3. The number of hydrogen-bond acceptors (Lipinski definition) is 3. The van der Waals surface area contributed by atoms with Gasteiger partial charge in [0.1, 0.15) is 5.97 Å². The molecule has 0 aliphatic rings. The number of Topliss-reactive ketones (excluding diaryl/α,β-unsaturated/α-hetero) is 1. The van der Waals surface area contributed by atoms with Crippen molar-refractivity contribution < 1.29 is 44.3 Å². The Bertz CT molecular complexity index is 76.2. The molecule has 0 aliphatic carbocycles. The second kappa shape index (κ2) is 4.30. The van der Waals surface area contributed by atoms with Crippen LogP contribution in [0.3, 0.4) is 0 Å². The standard InChI is InChI=1S/C3H4O3.Na/c1-2(4)3(5)6;/h1H3,(H,5,6);/q;+1/p-1/i3+1;. The van der Waals surface area contributed by atoms with Gasteiger partial charge in [-0.3, -0.25) is 4.79 Å². The van der Waals surface area contributed by atoms with Crippen molar-refractivity contribution in [3.63, 3.8) is 0 Å². The Morgan fingerprint density at radius 2 is 1.57 bits per heavy atom. The van der Waals surface area contributed by atoms with Gasteiger partial charge in [0.15, 0.2) is 5.78 Å². The number of carboxylic acid groups (broad SMARTS) is 1. The van der Waals surface area contributed by atoms with Crippen LogP contribution in [0.15, 0.2) is 0 Å². The summed E-state index contributed by atoms with van der Waals surface area (Å²) in [6, 6.07) is 0. The first-order valence-electron chi connectivity index (χ1n) is 1.36. The molecule has 0 saturated carbocycles. The summed E-state index contributed by atoms with van der Waals surface area (Å²) in [7, 11) is 0. The molecule has 0 N–H and O–H groups in total. The van der Waals surface area contributed by atoms with Crippen molar-refractivity contribution in [2.45, 2.75) is 6.92 Å². The average Bonchev–Trinajstić information content (AvgIpc) is 1.36. The second-order valence-electron chi connectivity index (χ2n) is 0.844. The van der Waals surface area contributed by atoms with Crippen LogP contribution < -0.4 is 34.7 Å². The minimum Gasteiger partial charge on any atom is -0.542 e. The third-order valence-corrected chi connectivity index (χ3v) is 0.287. The Hall–Kier alpha value is 0.140. The summed E-state index contributed by atoms with van der Waals surface area (Å²) in [6.45, 7) is 0.940. The van der Waals surface area contributed by atoms with Gasteiger partial charge in [-0.05, 0) is 0 Å². The van der Waals surface area contributed by atoms with Crippen LogP contribution in [-0.4, -0.2) is 11.8 Å². The Labute approximate surface area is 63.0 Å². The van der Waals surface area contributed by atoms with Crippen LogP contribution in [0.4, 0.5) is 0 Å². The fourth-order valence-electron chi connectivity index (χ4n) is 0. The van der Waals surface area contributed by atoms with E-state index in [-0.39, 0.29) is 29.6 Å². The number of rotatable bonds is 1. The number of carbonyl (C=O) groups excluding carboxylic acids is 2. The molecular weight excluding hydrogens is 108 g/mol. The van der Waals surface area contributed by atoms with E-state index in [1.807, 2.05) is 0 Å². The van der Waals surface area contributed by atoms with Gasteiger partial charge in [-0.15, -0.1) is 0 Å². The molecule has 34 valence electrons. The quantitative estimate of drug-likeness (QED) is 0.194. The summed E-state index contributed by atoms with van der Waals surface area (Å²) in [5.41, 5.74) is 0. The molecule has 0 aliphatic heterocycles. The number of aliphatic carboxylic acids is 1. The van der Waals surface area contributed by atoms with Crippen LogP contribution in [0.5, 0.6) is 0 Å². The second-order valence-corrected chi connectivity index (χ2v) is 0.844. The van der Waals surface area contributed by atoms with Gasteiger partial charge in [-0.1, -0.05) is 0 Å². The largest absolute Gasteiger partial charge is 1.00 e. The van der Waals surface area contributed by atoms with Crippen LogP contribution in [0.2, 0.25) is 0 Å². The van der Waals surface area contributed by atoms with E-state index in [1.165, 1.54) is 0 Å². The van der Waals surface area contributed by atoms with E-state index >= 15 is 0 Å².